The van der Waals surface area contributed by atoms with E-state index in [0.29, 0.717) is 28.2 Å². The molecule has 0 saturated carbocycles. The number of hydrogen-bond acceptors (Lipinski definition) is 4. The van der Waals surface area contributed by atoms with E-state index in [1.807, 2.05) is 0 Å². The van der Waals surface area contributed by atoms with Crippen LogP contribution in [0.2, 0.25) is 0 Å². The number of carboxylic acids is 1. The maximum absolute atomic E-state index is 11.3. The van der Waals surface area contributed by atoms with Crippen LogP contribution in [0.15, 0.2) is 12.1 Å². The average molecular weight is 232 g/mol. The zero-order valence-corrected chi connectivity index (χ0v) is 9.81. The second kappa shape index (κ2) is 4.01. The molecular weight excluding hydrogens is 220 g/mol. The van der Waals surface area contributed by atoms with Gasteiger partial charge in [0.25, 0.3) is 0 Å². The molecule has 0 aliphatic heterocycles. The lowest BCUT2D eigenvalue weighted by Gasteiger charge is -2.09. The van der Waals surface area contributed by atoms with E-state index in [4.69, 9.17) is 4.74 Å². The molecule has 2 heterocycles. The zero-order valence-electron chi connectivity index (χ0n) is 9.81. The number of aromatic nitrogens is 2. The van der Waals surface area contributed by atoms with Crippen LogP contribution in [0, 0.1) is 13.8 Å². The molecule has 5 nitrogen and oxygen atoms in total. The van der Waals surface area contributed by atoms with Crippen molar-refractivity contribution in [3.63, 3.8) is 0 Å². The number of nitrogens with zero attached hydrogens (tertiary/aromatic N) is 2. The highest BCUT2D eigenvalue weighted by molar-refractivity contribution is 6.02. The lowest BCUT2D eigenvalue weighted by atomic mass is 10.1. The van der Waals surface area contributed by atoms with Gasteiger partial charge in [-0.1, -0.05) is 0 Å². The minimum Gasteiger partial charge on any atom is -0.481 e. The van der Waals surface area contributed by atoms with Gasteiger partial charge in [-0.3, -0.25) is 4.98 Å². The summed E-state index contributed by atoms with van der Waals surface area (Å²) in [5.74, 6) is -0.621. The molecule has 0 bridgehead atoms. The van der Waals surface area contributed by atoms with Gasteiger partial charge < -0.3 is 9.84 Å². The Morgan fingerprint density at radius 1 is 1.29 bits per heavy atom. The highest BCUT2D eigenvalue weighted by atomic mass is 16.5. The predicted molar refractivity (Wildman–Crippen MR) is 62.5 cm³/mol. The van der Waals surface area contributed by atoms with Crippen LogP contribution in [0.1, 0.15) is 21.6 Å². The first-order valence-electron chi connectivity index (χ1n) is 5.10. The van der Waals surface area contributed by atoms with Crippen molar-refractivity contribution in [3.8, 4) is 5.88 Å². The Labute approximate surface area is 98.1 Å². The molecule has 0 radical (unpaired) electrons. The van der Waals surface area contributed by atoms with Crippen LogP contribution in [0.25, 0.3) is 11.0 Å². The third-order valence-electron chi connectivity index (χ3n) is 2.71. The Morgan fingerprint density at radius 2 is 2.00 bits per heavy atom. The summed E-state index contributed by atoms with van der Waals surface area (Å²) in [6.07, 6.45) is 0. The molecule has 2 aromatic heterocycles. The molecule has 0 spiro atoms. The largest absolute Gasteiger partial charge is 0.481 e. The van der Waals surface area contributed by atoms with Crippen molar-refractivity contribution in [2.45, 2.75) is 13.8 Å². The van der Waals surface area contributed by atoms with E-state index in [1.54, 1.807) is 26.0 Å². The van der Waals surface area contributed by atoms with Crippen molar-refractivity contribution in [1.82, 2.24) is 9.97 Å². The average Bonchev–Trinajstić information content (AvgIpc) is 2.29. The highest BCUT2D eigenvalue weighted by Crippen LogP contribution is 2.23. The van der Waals surface area contributed by atoms with Gasteiger partial charge in [-0.25, -0.2) is 9.78 Å². The Kier molecular flexibility index (Phi) is 2.67. The zero-order chi connectivity index (χ0) is 12.6. The van der Waals surface area contributed by atoms with E-state index < -0.39 is 5.97 Å². The van der Waals surface area contributed by atoms with Gasteiger partial charge in [0.15, 0.2) is 0 Å². The second-order valence-electron chi connectivity index (χ2n) is 3.72. The second-order valence-corrected chi connectivity index (χ2v) is 3.72. The van der Waals surface area contributed by atoms with Crippen molar-refractivity contribution >= 4 is 17.0 Å². The van der Waals surface area contributed by atoms with Crippen LogP contribution in [-0.4, -0.2) is 28.2 Å². The van der Waals surface area contributed by atoms with Crippen molar-refractivity contribution in [2.24, 2.45) is 0 Å². The number of carboxylic acid groups (broad SMARTS) is 1. The predicted octanol–water partition coefficient (Wildman–Crippen LogP) is 1.95. The Bertz CT molecular complexity index is 608. The normalized spacial score (nSPS) is 10.5. The van der Waals surface area contributed by atoms with Crippen molar-refractivity contribution < 1.29 is 14.6 Å². The Balaban J connectivity index is 2.89. The van der Waals surface area contributed by atoms with Crippen LogP contribution in [0.4, 0.5) is 0 Å². The molecule has 0 atom stereocenters. The number of aromatic carboxylic acids is 1. The molecule has 17 heavy (non-hydrogen) atoms. The Hall–Kier alpha value is -2.17. The van der Waals surface area contributed by atoms with Gasteiger partial charge in [0.2, 0.25) is 5.88 Å². The maximum atomic E-state index is 11.3. The van der Waals surface area contributed by atoms with Crippen LogP contribution in [0.3, 0.4) is 0 Å². The van der Waals surface area contributed by atoms with Crippen LogP contribution < -0.4 is 4.74 Å². The SMILES string of the molecule is COc1ccc2nc(C)c(C)c(C(=O)O)c2n1. The van der Waals surface area contributed by atoms with E-state index in [2.05, 4.69) is 9.97 Å². The molecule has 1 N–H and O–H groups in total. The smallest absolute Gasteiger partial charge is 0.338 e. The van der Waals surface area contributed by atoms with Gasteiger partial charge in [-0.2, -0.15) is 0 Å². The summed E-state index contributed by atoms with van der Waals surface area (Å²) < 4.78 is 5.00. The standard InChI is InChI=1S/C12H12N2O3/c1-6-7(2)13-8-4-5-9(17-3)14-11(8)10(6)12(15)16/h4-5H,1-3H3,(H,15,16). The van der Waals surface area contributed by atoms with Crippen molar-refractivity contribution in [1.29, 1.82) is 0 Å². The highest BCUT2D eigenvalue weighted by Gasteiger charge is 2.17. The number of methoxy groups -OCH3 is 1. The fourth-order valence-corrected chi connectivity index (χ4v) is 1.71. The number of fused-ring (bicyclic) bond motifs is 1. The van der Waals surface area contributed by atoms with Crippen molar-refractivity contribution in [3.05, 3.63) is 29.0 Å². The van der Waals surface area contributed by atoms with Crippen molar-refractivity contribution in [2.75, 3.05) is 7.11 Å². The molecule has 0 amide bonds. The molecule has 2 aromatic rings. The van der Waals surface area contributed by atoms with E-state index >= 15 is 0 Å². The van der Waals surface area contributed by atoms with Crippen LogP contribution in [-0.2, 0) is 0 Å². The van der Waals surface area contributed by atoms with Gasteiger partial charge in [-0.05, 0) is 25.5 Å². The number of carbonyl (C=O) groups is 1. The molecule has 5 heteroatoms. The molecule has 0 unspecified atom stereocenters. The topological polar surface area (TPSA) is 72.3 Å². The molecule has 0 aliphatic carbocycles. The monoisotopic (exact) mass is 232 g/mol. The van der Waals surface area contributed by atoms with Gasteiger partial charge in [-0.15, -0.1) is 0 Å². The minimum absolute atomic E-state index is 0.186. The fourth-order valence-electron chi connectivity index (χ4n) is 1.71. The van der Waals surface area contributed by atoms with E-state index in [0.717, 1.165) is 0 Å². The number of ether oxygens (including phenoxy) is 1. The summed E-state index contributed by atoms with van der Waals surface area (Å²) in [7, 11) is 1.49. The quantitative estimate of drug-likeness (QED) is 0.856. The summed E-state index contributed by atoms with van der Waals surface area (Å²) in [5, 5.41) is 9.24. The summed E-state index contributed by atoms with van der Waals surface area (Å²) in [4.78, 5) is 19.7. The van der Waals surface area contributed by atoms with E-state index in [-0.39, 0.29) is 5.56 Å². The molecule has 0 aromatic carbocycles. The van der Waals surface area contributed by atoms with Gasteiger partial charge in [0.05, 0.1) is 18.2 Å². The number of pyridine rings is 2. The fraction of sp³-hybridized carbons (Fsp3) is 0.250. The molecule has 2 rings (SSSR count). The van der Waals surface area contributed by atoms with Crippen LogP contribution >= 0.6 is 0 Å². The molecular formula is C12H12N2O3. The summed E-state index contributed by atoms with van der Waals surface area (Å²) in [5.41, 5.74) is 2.44. The first-order chi connectivity index (χ1) is 8.04. The molecule has 0 saturated heterocycles. The molecule has 0 aliphatic rings. The summed E-state index contributed by atoms with van der Waals surface area (Å²) in [6, 6.07) is 3.37. The number of rotatable bonds is 2. The number of hydrogen-bond donors (Lipinski definition) is 1. The van der Waals surface area contributed by atoms with Crippen LogP contribution in [0.5, 0.6) is 5.88 Å². The van der Waals surface area contributed by atoms with Gasteiger partial charge in [0.1, 0.15) is 5.52 Å². The minimum atomic E-state index is -1.00. The summed E-state index contributed by atoms with van der Waals surface area (Å²) in [6.45, 7) is 3.51. The third-order valence-corrected chi connectivity index (χ3v) is 2.71. The first-order valence-corrected chi connectivity index (χ1v) is 5.10. The van der Waals surface area contributed by atoms with E-state index in [9.17, 15) is 9.90 Å². The molecule has 88 valence electrons. The Morgan fingerprint density at radius 3 is 2.59 bits per heavy atom. The third kappa shape index (κ3) is 1.80. The van der Waals surface area contributed by atoms with Gasteiger partial charge >= 0.3 is 5.97 Å². The van der Waals surface area contributed by atoms with Gasteiger partial charge in [0, 0.05) is 11.8 Å². The lowest BCUT2D eigenvalue weighted by molar-refractivity contribution is 0.0698. The summed E-state index contributed by atoms with van der Waals surface area (Å²) >= 11 is 0. The lowest BCUT2D eigenvalue weighted by Crippen LogP contribution is -2.06. The number of aryl methyl sites for hydroxylation is 1. The first kappa shape index (κ1) is 11.3. The van der Waals surface area contributed by atoms with E-state index in [1.165, 1.54) is 7.11 Å². The maximum Gasteiger partial charge on any atom is 0.338 e. The molecule has 0 fully saturated rings.